The zero-order valence-electron chi connectivity index (χ0n) is 25.5. The summed E-state index contributed by atoms with van der Waals surface area (Å²) in [7, 11) is -2.65. The molecule has 37 heavy (non-hydrogen) atoms. The molecule has 0 heterocycles. The third-order valence-electron chi connectivity index (χ3n) is 9.42. The minimum atomic E-state index is -1.33. The van der Waals surface area contributed by atoms with Crippen molar-refractivity contribution in [3.63, 3.8) is 0 Å². The van der Waals surface area contributed by atoms with Crippen molar-refractivity contribution in [2.24, 2.45) is 5.92 Å². The van der Waals surface area contributed by atoms with Gasteiger partial charge in [0.25, 0.3) is 0 Å². The number of rotatable bonds is 10. The molecule has 0 amide bonds. The smallest absolute Gasteiger partial charge is 0.0450 e. The van der Waals surface area contributed by atoms with E-state index in [1.54, 1.807) is 11.1 Å². The normalized spacial score (nSPS) is 19.5. The summed E-state index contributed by atoms with van der Waals surface area (Å²) in [4.78, 5) is 0. The highest BCUT2D eigenvalue weighted by molar-refractivity contribution is 6.96. The highest BCUT2D eigenvalue weighted by Gasteiger charge is 2.45. The van der Waals surface area contributed by atoms with Gasteiger partial charge in [-0.1, -0.05) is 107 Å². The van der Waals surface area contributed by atoms with E-state index >= 15 is 0 Å². The number of fused-ring (bicyclic) bond motifs is 2. The first-order valence-electron chi connectivity index (χ1n) is 14.9. The van der Waals surface area contributed by atoms with Gasteiger partial charge in [0.1, 0.15) is 0 Å². The summed E-state index contributed by atoms with van der Waals surface area (Å²) in [5, 5.41) is 0.927. The van der Waals surface area contributed by atoms with Crippen LogP contribution in [0.1, 0.15) is 88.4 Å². The highest BCUT2D eigenvalue weighted by atomic mass is 28.4. The van der Waals surface area contributed by atoms with Crippen LogP contribution in [0.5, 0.6) is 0 Å². The lowest BCUT2D eigenvalue weighted by Gasteiger charge is -2.46. The molecule has 0 saturated carbocycles. The second-order valence-electron chi connectivity index (χ2n) is 14.4. The summed E-state index contributed by atoms with van der Waals surface area (Å²) in [6.07, 6.45) is 16.7. The Balaban J connectivity index is 1.50. The Hall–Kier alpha value is -1.65. The van der Waals surface area contributed by atoms with E-state index in [-0.39, 0.29) is 0 Å². The van der Waals surface area contributed by atoms with Gasteiger partial charge in [0.2, 0.25) is 0 Å². The summed E-state index contributed by atoms with van der Waals surface area (Å²) in [5.41, 5.74) is 12.1. The van der Waals surface area contributed by atoms with Crippen LogP contribution in [0.3, 0.4) is 0 Å². The first-order chi connectivity index (χ1) is 17.3. The van der Waals surface area contributed by atoms with E-state index in [2.05, 4.69) is 116 Å². The molecular weight excluding hydrogens is 477 g/mol. The largest absolute Gasteiger partial charge is 0.0764 e. The fraction of sp³-hybridized carbons (Fsp3) is 0.543. The molecule has 0 radical (unpaired) electrons. The van der Waals surface area contributed by atoms with Crippen LogP contribution in [0.15, 0.2) is 36.4 Å². The average Bonchev–Trinajstić information content (AvgIpc) is 3.42. The number of unbranched alkanes of at least 4 members (excludes halogenated alkanes) is 2. The second kappa shape index (κ2) is 10.8. The molecule has 3 unspecified atom stereocenters. The van der Waals surface area contributed by atoms with Crippen molar-refractivity contribution in [3.05, 3.63) is 80.9 Å². The lowest BCUT2D eigenvalue weighted by Crippen LogP contribution is -2.49. The summed E-state index contributed by atoms with van der Waals surface area (Å²) in [6, 6.07) is 9.30. The van der Waals surface area contributed by atoms with E-state index in [0.717, 1.165) is 11.1 Å². The topological polar surface area (TPSA) is 0 Å². The Bertz CT molecular complexity index is 1170. The molecule has 2 aliphatic carbocycles. The van der Waals surface area contributed by atoms with Crippen molar-refractivity contribution in [2.75, 3.05) is 0 Å². The molecule has 2 aromatic rings. The Labute approximate surface area is 230 Å². The SMILES string of the molecule is Cc1ccc(C)c2c1C=CC2CCCCCC(C1C=Cc2c(C)ccc(C)c21)C([Si](C)(C)C)[Si](C)(C)C. The number of hydrogen-bond acceptors (Lipinski definition) is 0. The minimum Gasteiger partial charge on any atom is -0.0764 e. The third kappa shape index (κ3) is 5.86. The lowest BCUT2D eigenvalue weighted by atomic mass is 9.82. The molecule has 2 aliphatic rings. The monoisotopic (exact) mass is 528 g/mol. The van der Waals surface area contributed by atoms with Gasteiger partial charge in [-0.2, -0.15) is 0 Å². The quantitative estimate of drug-likeness (QED) is 0.212. The second-order valence-corrected chi connectivity index (χ2v) is 25.7. The van der Waals surface area contributed by atoms with Gasteiger partial charge in [-0.25, -0.2) is 0 Å². The van der Waals surface area contributed by atoms with Crippen molar-refractivity contribution in [2.45, 2.75) is 116 Å². The van der Waals surface area contributed by atoms with Gasteiger partial charge in [0.05, 0.1) is 0 Å². The van der Waals surface area contributed by atoms with Crippen LogP contribution < -0.4 is 0 Å². The molecule has 0 nitrogen and oxygen atoms in total. The maximum atomic E-state index is 2.65. The Morgan fingerprint density at radius 3 is 1.73 bits per heavy atom. The Morgan fingerprint density at radius 1 is 0.622 bits per heavy atom. The van der Waals surface area contributed by atoms with Crippen LogP contribution in [0.25, 0.3) is 12.2 Å². The average molecular weight is 529 g/mol. The molecule has 0 bridgehead atoms. The summed E-state index contributed by atoms with van der Waals surface area (Å²) < 4.78 is 0. The van der Waals surface area contributed by atoms with Gasteiger partial charge in [-0.05, 0) is 96.1 Å². The van der Waals surface area contributed by atoms with Crippen LogP contribution in [0.2, 0.25) is 44.4 Å². The van der Waals surface area contributed by atoms with Gasteiger partial charge in [0, 0.05) is 28.0 Å². The van der Waals surface area contributed by atoms with Crippen LogP contribution >= 0.6 is 0 Å². The van der Waals surface area contributed by atoms with Gasteiger partial charge in [0.15, 0.2) is 0 Å². The molecule has 0 spiro atoms. The minimum absolute atomic E-state index is 0.605. The molecule has 0 N–H and O–H groups in total. The van der Waals surface area contributed by atoms with Gasteiger partial charge in [-0.15, -0.1) is 0 Å². The van der Waals surface area contributed by atoms with E-state index in [9.17, 15) is 0 Å². The molecule has 4 rings (SSSR count). The van der Waals surface area contributed by atoms with Crippen molar-refractivity contribution in [3.8, 4) is 0 Å². The van der Waals surface area contributed by atoms with E-state index in [0.29, 0.717) is 11.8 Å². The first kappa shape index (κ1) is 28.4. The predicted molar refractivity (Wildman–Crippen MR) is 172 cm³/mol. The fourth-order valence-corrected chi connectivity index (χ4v) is 22.1. The predicted octanol–water partition coefficient (Wildman–Crippen LogP) is 11.0. The van der Waals surface area contributed by atoms with Crippen molar-refractivity contribution < 1.29 is 0 Å². The molecule has 0 fully saturated rings. The summed E-state index contributed by atoms with van der Waals surface area (Å²) in [6.45, 7) is 25.1. The fourth-order valence-electron chi connectivity index (χ4n) is 8.35. The van der Waals surface area contributed by atoms with Crippen molar-refractivity contribution in [1.29, 1.82) is 0 Å². The molecule has 0 aliphatic heterocycles. The zero-order valence-corrected chi connectivity index (χ0v) is 27.5. The van der Waals surface area contributed by atoms with E-state index in [4.69, 9.17) is 0 Å². The highest BCUT2D eigenvalue weighted by Crippen LogP contribution is 2.51. The van der Waals surface area contributed by atoms with E-state index in [1.807, 2.05) is 0 Å². The number of benzene rings is 2. The van der Waals surface area contributed by atoms with E-state index in [1.165, 1.54) is 65.5 Å². The van der Waals surface area contributed by atoms with Crippen molar-refractivity contribution >= 4 is 28.3 Å². The van der Waals surface area contributed by atoms with Crippen LogP contribution in [0.4, 0.5) is 0 Å². The molecular formula is C35H52Si2. The van der Waals surface area contributed by atoms with Crippen LogP contribution in [-0.2, 0) is 0 Å². The van der Waals surface area contributed by atoms with Crippen molar-refractivity contribution in [1.82, 2.24) is 0 Å². The maximum absolute atomic E-state index is 2.65. The number of allylic oxidation sites excluding steroid dienone is 2. The van der Waals surface area contributed by atoms with Crippen LogP contribution in [0, 0.1) is 33.6 Å². The molecule has 0 aromatic heterocycles. The molecule has 2 aromatic carbocycles. The third-order valence-corrected chi connectivity index (χ3v) is 19.2. The van der Waals surface area contributed by atoms with Gasteiger partial charge >= 0.3 is 0 Å². The Morgan fingerprint density at radius 2 is 1.14 bits per heavy atom. The standard InChI is InChI=1S/C35H52Si2/c1-24-16-18-26(3)33-28(20-21-29(24)33)14-12-11-13-15-32(35(36(5,6)7)37(8,9)10)31-23-22-30-25(2)17-19-27(4)34(30)31/h16-23,28,31-32,35H,11-15H2,1-10H3. The zero-order chi connectivity index (χ0) is 27.1. The molecule has 200 valence electrons. The number of aryl methyl sites for hydroxylation is 4. The van der Waals surface area contributed by atoms with Gasteiger partial charge in [-0.3, -0.25) is 0 Å². The molecule has 2 heteroatoms. The van der Waals surface area contributed by atoms with Gasteiger partial charge < -0.3 is 0 Å². The van der Waals surface area contributed by atoms with E-state index < -0.39 is 16.1 Å². The maximum Gasteiger partial charge on any atom is 0.0450 e. The number of hydrogen-bond donors (Lipinski definition) is 0. The summed E-state index contributed by atoms with van der Waals surface area (Å²) in [5.74, 6) is 2.01. The molecule has 0 saturated heterocycles. The first-order valence-corrected chi connectivity index (χ1v) is 22.0. The molecule has 3 atom stereocenters. The Kier molecular flexibility index (Phi) is 8.32. The summed E-state index contributed by atoms with van der Waals surface area (Å²) >= 11 is 0. The van der Waals surface area contributed by atoms with Crippen LogP contribution in [-0.4, -0.2) is 16.1 Å². The lowest BCUT2D eigenvalue weighted by molar-refractivity contribution is 0.424.